The summed E-state index contributed by atoms with van der Waals surface area (Å²) in [4.78, 5) is 14.6. The molecule has 2 unspecified atom stereocenters. The monoisotopic (exact) mass is 407 g/mol. The van der Waals surface area contributed by atoms with Crippen molar-refractivity contribution in [2.75, 3.05) is 4.90 Å². The van der Waals surface area contributed by atoms with Gasteiger partial charge in [-0.05, 0) is 55.3 Å². The van der Waals surface area contributed by atoms with Gasteiger partial charge in [0.1, 0.15) is 17.5 Å². The standard InChI is InChI=1S/C23H18ClNO4/c1-12-9-13(2)20(17(26)10-12)22-21-15-5-3-4-6-18(15)28-19-8-7-14(24)11-16(19)25(21)23(27)29-22/h3-11,21-22,26H,1-2H3. The van der Waals surface area contributed by atoms with E-state index in [4.69, 9.17) is 21.1 Å². The number of cyclic esters (lactones) is 1. The van der Waals surface area contributed by atoms with Gasteiger partial charge >= 0.3 is 6.09 Å². The number of fused-ring (bicyclic) bond motifs is 5. The molecule has 2 aliphatic heterocycles. The molecule has 0 aromatic heterocycles. The van der Waals surface area contributed by atoms with Gasteiger partial charge in [0.15, 0.2) is 11.9 Å². The Kier molecular flexibility index (Phi) is 3.96. The smallest absolute Gasteiger partial charge is 0.415 e. The van der Waals surface area contributed by atoms with E-state index < -0.39 is 18.2 Å². The van der Waals surface area contributed by atoms with Crippen LogP contribution in [-0.4, -0.2) is 11.2 Å². The minimum absolute atomic E-state index is 0.108. The second kappa shape index (κ2) is 6.42. The van der Waals surface area contributed by atoms with Gasteiger partial charge in [-0.25, -0.2) is 4.79 Å². The van der Waals surface area contributed by atoms with Crippen LogP contribution in [0.3, 0.4) is 0 Å². The van der Waals surface area contributed by atoms with Crippen LogP contribution in [0.2, 0.25) is 5.02 Å². The molecule has 1 saturated heterocycles. The fourth-order valence-corrected chi connectivity index (χ4v) is 4.44. The number of hydrogen-bond donors (Lipinski definition) is 1. The predicted molar refractivity (Wildman–Crippen MR) is 110 cm³/mol. The Morgan fingerprint density at radius 1 is 1.03 bits per heavy atom. The Bertz CT molecular complexity index is 1140. The third kappa shape index (κ3) is 2.73. The first kappa shape index (κ1) is 17.9. The van der Waals surface area contributed by atoms with Gasteiger partial charge in [0, 0.05) is 16.1 Å². The number of benzene rings is 3. The molecule has 1 N–H and O–H groups in total. The Morgan fingerprint density at radius 3 is 2.62 bits per heavy atom. The van der Waals surface area contributed by atoms with Crippen molar-refractivity contribution in [2.24, 2.45) is 0 Å². The summed E-state index contributed by atoms with van der Waals surface area (Å²) in [5, 5.41) is 11.2. The van der Waals surface area contributed by atoms with Crippen molar-refractivity contribution in [3.05, 3.63) is 81.9 Å². The van der Waals surface area contributed by atoms with Crippen LogP contribution >= 0.6 is 11.6 Å². The van der Waals surface area contributed by atoms with Crippen molar-refractivity contribution in [1.82, 2.24) is 0 Å². The number of carbonyl (C=O) groups is 1. The summed E-state index contributed by atoms with van der Waals surface area (Å²) in [7, 11) is 0. The van der Waals surface area contributed by atoms with Gasteiger partial charge in [-0.3, -0.25) is 4.90 Å². The van der Waals surface area contributed by atoms with Crippen molar-refractivity contribution in [2.45, 2.75) is 26.0 Å². The van der Waals surface area contributed by atoms with Crippen LogP contribution in [0.15, 0.2) is 54.6 Å². The molecule has 2 aliphatic rings. The van der Waals surface area contributed by atoms with E-state index in [1.807, 2.05) is 44.2 Å². The second-order valence-electron chi connectivity index (χ2n) is 7.39. The first-order valence-electron chi connectivity index (χ1n) is 9.30. The molecule has 146 valence electrons. The van der Waals surface area contributed by atoms with Gasteiger partial charge in [-0.15, -0.1) is 0 Å². The van der Waals surface area contributed by atoms with Gasteiger partial charge in [0.2, 0.25) is 0 Å². The molecule has 2 atom stereocenters. The number of aryl methyl sites for hydroxylation is 2. The highest BCUT2D eigenvalue weighted by atomic mass is 35.5. The Labute approximate surface area is 173 Å². The molecule has 1 amide bonds. The quantitative estimate of drug-likeness (QED) is 0.521. The fraction of sp³-hybridized carbons (Fsp3) is 0.174. The lowest BCUT2D eigenvalue weighted by molar-refractivity contribution is 0.130. The first-order chi connectivity index (χ1) is 13.9. The molecule has 0 bridgehead atoms. The largest absolute Gasteiger partial charge is 0.508 e. The topological polar surface area (TPSA) is 59.0 Å². The fourth-order valence-electron chi connectivity index (χ4n) is 4.27. The molecule has 5 rings (SSSR count). The molecule has 0 saturated carbocycles. The maximum Gasteiger partial charge on any atom is 0.415 e. The highest BCUT2D eigenvalue weighted by molar-refractivity contribution is 6.31. The zero-order chi connectivity index (χ0) is 20.3. The van der Waals surface area contributed by atoms with E-state index in [0.717, 1.165) is 16.7 Å². The Balaban J connectivity index is 1.77. The predicted octanol–water partition coefficient (Wildman–Crippen LogP) is 6.21. The molecule has 3 aromatic carbocycles. The van der Waals surface area contributed by atoms with Crippen molar-refractivity contribution < 1.29 is 19.4 Å². The third-order valence-corrected chi connectivity index (χ3v) is 5.66. The maximum atomic E-state index is 13.0. The summed E-state index contributed by atoms with van der Waals surface area (Å²) in [6, 6.07) is 15.8. The van der Waals surface area contributed by atoms with E-state index in [-0.39, 0.29) is 5.75 Å². The summed E-state index contributed by atoms with van der Waals surface area (Å²) in [6.07, 6.45) is -1.21. The number of para-hydroxylation sites is 1. The molecule has 0 radical (unpaired) electrons. The third-order valence-electron chi connectivity index (χ3n) is 5.42. The van der Waals surface area contributed by atoms with Crippen molar-refractivity contribution in [1.29, 1.82) is 0 Å². The van der Waals surface area contributed by atoms with Gasteiger partial charge in [-0.2, -0.15) is 0 Å². The highest BCUT2D eigenvalue weighted by Gasteiger charge is 2.49. The molecule has 0 aliphatic carbocycles. The van der Waals surface area contributed by atoms with Crippen LogP contribution in [0, 0.1) is 13.8 Å². The average molecular weight is 408 g/mol. The number of amides is 1. The summed E-state index contributed by atoms with van der Waals surface area (Å²) >= 11 is 6.23. The van der Waals surface area contributed by atoms with Crippen molar-refractivity contribution in [3.8, 4) is 17.2 Å². The first-order valence-corrected chi connectivity index (χ1v) is 9.68. The molecule has 3 aromatic rings. The van der Waals surface area contributed by atoms with Crippen LogP contribution < -0.4 is 9.64 Å². The zero-order valence-corrected chi connectivity index (χ0v) is 16.6. The molecule has 2 heterocycles. The molecule has 5 nitrogen and oxygen atoms in total. The molecular formula is C23H18ClNO4. The Hall–Kier alpha value is -3.18. The normalized spacial score (nSPS) is 19.6. The van der Waals surface area contributed by atoms with Crippen LogP contribution in [0.1, 0.15) is 34.4 Å². The van der Waals surface area contributed by atoms with E-state index >= 15 is 0 Å². The molecule has 29 heavy (non-hydrogen) atoms. The van der Waals surface area contributed by atoms with E-state index in [1.165, 1.54) is 0 Å². The van der Waals surface area contributed by atoms with Crippen molar-refractivity contribution >= 4 is 23.4 Å². The van der Waals surface area contributed by atoms with Gasteiger partial charge in [-0.1, -0.05) is 35.9 Å². The molecule has 0 spiro atoms. The van der Waals surface area contributed by atoms with Crippen LogP contribution in [0.4, 0.5) is 10.5 Å². The Morgan fingerprint density at radius 2 is 1.83 bits per heavy atom. The van der Waals surface area contributed by atoms with E-state index in [1.54, 1.807) is 29.2 Å². The number of carbonyl (C=O) groups excluding carboxylic acids is 1. The zero-order valence-electron chi connectivity index (χ0n) is 15.8. The molecular weight excluding hydrogens is 390 g/mol. The van der Waals surface area contributed by atoms with Gasteiger partial charge in [0.05, 0.1) is 5.69 Å². The number of phenolic OH excluding ortho intramolecular Hbond substituents is 1. The number of anilines is 1. The lowest BCUT2D eigenvalue weighted by atomic mass is 9.90. The number of halogens is 1. The van der Waals surface area contributed by atoms with Crippen molar-refractivity contribution in [3.63, 3.8) is 0 Å². The van der Waals surface area contributed by atoms with Crippen LogP contribution in [0.5, 0.6) is 17.2 Å². The van der Waals surface area contributed by atoms with E-state index in [0.29, 0.717) is 27.8 Å². The number of hydrogen-bond acceptors (Lipinski definition) is 4. The average Bonchev–Trinajstić information content (AvgIpc) is 2.91. The minimum atomic E-state index is -0.696. The minimum Gasteiger partial charge on any atom is -0.508 e. The van der Waals surface area contributed by atoms with Gasteiger partial charge in [0.25, 0.3) is 0 Å². The number of rotatable bonds is 1. The van der Waals surface area contributed by atoms with E-state index in [2.05, 4.69) is 0 Å². The van der Waals surface area contributed by atoms with Crippen LogP contribution in [-0.2, 0) is 4.74 Å². The maximum absolute atomic E-state index is 13.0. The summed E-state index contributed by atoms with van der Waals surface area (Å²) in [5.41, 5.74) is 3.73. The van der Waals surface area contributed by atoms with E-state index in [9.17, 15) is 9.90 Å². The summed E-state index contributed by atoms with van der Waals surface area (Å²) < 4.78 is 12.0. The second-order valence-corrected chi connectivity index (χ2v) is 7.82. The summed E-state index contributed by atoms with van der Waals surface area (Å²) in [5.74, 6) is 1.26. The lowest BCUT2D eigenvalue weighted by Crippen LogP contribution is -2.27. The number of nitrogens with zero attached hydrogens (tertiary/aromatic N) is 1. The lowest BCUT2D eigenvalue weighted by Gasteiger charge is -2.25. The number of aromatic hydroxyl groups is 1. The van der Waals surface area contributed by atoms with Crippen LogP contribution in [0.25, 0.3) is 0 Å². The summed E-state index contributed by atoms with van der Waals surface area (Å²) in [6.45, 7) is 3.82. The molecule has 6 heteroatoms. The SMILES string of the molecule is Cc1cc(C)c(C2OC(=O)N3c4cc(Cl)ccc4Oc4ccccc4C23)c(O)c1. The highest BCUT2D eigenvalue weighted by Crippen LogP contribution is 2.55. The number of ether oxygens (including phenoxy) is 2. The number of phenols is 1. The van der Waals surface area contributed by atoms with Gasteiger partial charge < -0.3 is 14.6 Å². The molecule has 1 fully saturated rings.